The number of carbonyl (C=O) groups excluding carboxylic acids is 1. The maximum Gasteiger partial charge on any atom is 0.262 e. The van der Waals surface area contributed by atoms with Crippen LogP contribution in [0.3, 0.4) is 0 Å². The van der Waals surface area contributed by atoms with E-state index in [4.69, 9.17) is 16.3 Å². The van der Waals surface area contributed by atoms with Gasteiger partial charge in [0.05, 0.1) is 0 Å². The number of aromatic nitrogens is 2. The Kier molecular flexibility index (Phi) is 5.72. The maximum absolute atomic E-state index is 12.2. The summed E-state index contributed by atoms with van der Waals surface area (Å²) < 4.78 is 5.58. The van der Waals surface area contributed by atoms with Crippen LogP contribution in [-0.2, 0) is 4.79 Å². The second kappa shape index (κ2) is 8.18. The van der Waals surface area contributed by atoms with Crippen LogP contribution in [-0.4, -0.2) is 22.5 Å². The minimum absolute atomic E-state index is 0.157. The zero-order chi connectivity index (χ0) is 19.4. The van der Waals surface area contributed by atoms with Gasteiger partial charge in [0.25, 0.3) is 5.91 Å². The van der Waals surface area contributed by atoms with E-state index in [0.29, 0.717) is 22.4 Å². The molecule has 0 radical (unpaired) electrons. The predicted octanol–water partition coefficient (Wildman–Crippen LogP) is 4.74. The Morgan fingerprint density at radius 3 is 2.56 bits per heavy atom. The molecule has 138 valence electrons. The van der Waals surface area contributed by atoms with Crippen molar-refractivity contribution in [3.05, 3.63) is 70.4 Å². The molecule has 27 heavy (non-hydrogen) atoms. The smallest absolute Gasteiger partial charge is 0.262 e. The van der Waals surface area contributed by atoms with Crippen molar-refractivity contribution in [2.45, 2.75) is 20.8 Å². The summed E-state index contributed by atoms with van der Waals surface area (Å²) in [5, 5.41) is 3.40. The third-order valence-electron chi connectivity index (χ3n) is 4.03. The number of carbonyl (C=O) groups is 1. The molecule has 2 aromatic carbocycles. The summed E-state index contributed by atoms with van der Waals surface area (Å²) in [4.78, 5) is 21.1. The molecule has 1 heterocycles. The molecular formula is C21H20ClN3O2. The fraction of sp³-hybridized carbons (Fsp3) is 0.190. The van der Waals surface area contributed by atoms with Crippen LogP contribution >= 0.6 is 11.6 Å². The predicted molar refractivity (Wildman–Crippen MR) is 107 cm³/mol. The van der Waals surface area contributed by atoms with Gasteiger partial charge in [-0.1, -0.05) is 47.5 Å². The zero-order valence-electron chi connectivity index (χ0n) is 15.4. The lowest BCUT2D eigenvalue weighted by atomic mass is 10.1. The van der Waals surface area contributed by atoms with Crippen molar-refractivity contribution >= 4 is 23.2 Å². The lowest BCUT2D eigenvalue weighted by molar-refractivity contribution is -0.118. The minimum atomic E-state index is -0.284. The fourth-order valence-corrected chi connectivity index (χ4v) is 2.69. The van der Waals surface area contributed by atoms with Crippen LogP contribution in [0.2, 0.25) is 5.02 Å². The molecule has 0 bridgehead atoms. The van der Waals surface area contributed by atoms with E-state index < -0.39 is 0 Å². The van der Waals surface area contributed by atoms with Gasteiger partial charge in [-0.2, -0.15) is 4.98 Å². The summed E-state index contributed by atoms with van der Waals surface area (Å²) in [6.07, 6.45) is 0. The molecule has 1 amide bonds. The second-order valence-electron chi connectivity index (χ2n) is 6.29. The highest BCUT2D eigenvalue weighted by atomic mass is 35.5. The van der Waals surface area contributed by atoms with Gasteiger partial charge in [0.15, 0.2) is 12.4 Å². The van der Waals surface area contributed by atoms with Crippen LogP contribution in [0, 0.1) is 20.8 Å². The van der Waals surface area contributed by atoms with Gasteiger partial charge >= 0.3 is 0 Å². The number of amides is 1. The van der Waals surface area contributed by atoms with Gasteiger partial charge in [0.1, 0.15) is 0 Å². The van der Waals surface area contributed by atoms with Crippen LogP contribution < -0.4 is 10.1 Å². The highest BCUT2D eigenvalue weighted by Gasteiger charge is 2.10. The molecule has 1 N–H and O–H groups in total. The number of nitrogens with one attached hydrogen (secondary N) is 1. The van der Waals surface area contributed by atoms with Crippen molar-refractivity contribution in [3.63, 3.8) is 0 Å². The summed E-state index contributed by atoms with van der Waals surface area (Å²) >= 11 is 6.07. The first-order valence-corrected chi connectivity index (χ1v) is 8.90. The van der Waals surface area contributed by atoms with E-state index in [1.807, 2.05) is 45.0 Å². The van der Waals surface area contributed by atoms with Crippen molar-refractivity contribution in [1.29, 1.82) is 0 Å². The first-order chi connectivity index (χ1) is 12.9. The minimum Gasteiger partial charge on any atom is -0.467 e. The number of halogens is 1. The van der Waals surface area contributed by atoms with Crippen LogP contribution in [0.4, 0.5) is 5.69 Å². The van der Waals surface area contributed by atoms with Crippen molar-refractivity contribution < 1.29 is 9.53 Å². The lowest BCUT2D eigenvalue weighted by Crippen LogP contribution is -2.21. The van der Waals surface area contributed by atoms with Crippen molar-refractivity contribution in [2.24, 2.45) is 0 Å². The Labute approximate surface area is 163 Å². The van der Waals surface area contributed by atoms with Crippen molar-refractivity contribution in [2.75, 3.05) is 11.9 Å². The van der Waals surface area contributed by atoms with E-state index in [2.05, 4.69) is 15.3 Å². The lowest BCUT2D eigenvalue weighted by Gasteiger charge is -2.11. The van der Waals surface area contributed by atoms with E-state index >= 15 is 0 Å². The molecule has 6 heteroatoms. The Hall–Kier alpha value is -2.92. The number of benzene rings is 2. The summed E-state index contributed by atoms with van der Waals surface area (Å²) in [5.41, 5.74) is 4.30. The maximum atomic E-state index is 12.2. The average Bonchev–Trinajstić information content (AvgIpc) is 2.64. The van der Waals surface area contributed by atoms with Gasteiger partial charge in [0.2, 0.25) is 5.88 Å². The number of hydrogen-bond donors (Lipinski definition) is 1. The largest absolute Gasteiger partial charge is 0.467 e. The molecule has 3 rings (SSSR count). The number of nitrogens with zero attached hydrogens (tertiary/aromatic N) is 2. The van der Waals surface area contributed by atoms with Gasteiger partial charge in [-0.05, 0) is 38.5 Å². The van der Waals surface area contributed by atoms with Crippen molar-refractivity contribution in [1.82, 2.24) is 9.97 Å². The summed E-state index contributed by atoms with van der Waals surface area (Å²) in [7, 11) is 0. The Bertz CT molecular complexity index is 972. The van der Waals surface area contributed by atoms with E-state index in [-0.39, 0.29) is 12.5 Å². The molecule has 0 aliphatic rings. The van der Waals surface area contributed by atoms with Gasteiger partial charge in [-0.25, -0.2) is 4.98 Å². The SMILES string of the molecule is Cc1ccc(-c2nc(C)cc(OCC(=O)Nc3cccc(Cl)c3C)n2)cc1. The molecule has 0 aliphatic carbocycles. The van der Waals surface area contributed by atoms with Gasteiger partial charge < -0.3 is 10.1 Å². The molecule has 5 nitrogen and oxygen atoms in total. The van der Waals surface area contributed by atoms with Crippen LogP contribution in [0.15, 0.2) is 48.5 Å². The molecule has 0 aliphatic heterocycles. The highest BCUT2D eigenvalue weighted by Crippen LogP contribution is 2.23. The summed E-state index contributed by atoms with van der Waals surface area (Å²) in [6.45, 7) is 5.58. The third kappa shape index (κ3) is 4.83. The van der Waals surface area contributed by atoms with Gasteiger partial charge in [0, 0.05) is 28.0 Å². The van der Waals surface area contributed by atoms with Gasteiger partial charge in [-0.3, -0.25) is 4.79 Å². The molecule has 0 spiro atoms. The number of rotatable bonds is 5. The molecule has 0 atom stereocenters. The van der Waals surface area contributed by atoms with Crippen LogP contribution in [0.25, 0.3) is 11.4 Å². The standard InChI is InChI=1S/C21H20ClN3O2/c1-13-7-9-16(10-8-13)21-23-14(2)11-20(25-21)27-12-19(26)24-18-6-4-5-17(22)15(18)3/h4-11H,12H2,1-3H3,(H,24,26). The van der Waals surface area contributed by atoms with E-state index in [9.17, 15) is 4.79 Å². The average molecular weight is 382 g/mol. The van der Waals surface area contributed by atoms with E-state index in [0.717, 1.165) is 22.4 Å². The van der Waals surface area contributed by atoms with Crippen LogP contribution in [0.5, 0.6) is 5.88 Å². The summed E-state index contributed by atoms with van der Waals surface area (Å²) in [5.74, 6) is 0.639. The number of ether oxygens (including phenoxy) is 1. The molecule has 0 saturated heterocycles. The van der Waals surface area contributed by atoms with E-state index in [1.165, 1.54) is 0 Å². The topological polar surface area (TPSA) is 64.1 Å². The fourth-order valence-electron chi connectivity index (χ4n) is 2.51. The molecule has 0 unspecified atom stereocenters. The normalized spacial score (nSPS) is 10.5. The number of anilines is 1. The first kappa shape index (κ1) is 18.9. The number of hydrogen-bond acceptors (Lipinski definition) is 4. The van der Waals surface area contributed by atoms with Gasteiger partial charge in [-0.15, -0.1) is 0 Å². The Morgan fingerprint density at radius 1 is 1.07 bits per heavy atom. The highest BCUT2D eigenvalue weighted by molar-refractivity contribution is 6.31. The Morgan fingerprint density at radius 2 is 1.81 bits per heavy atom. The molecule has 3 aromatic rings. The first-order valence-electron chi connectivity index (χ1n) is 8.53. The molecular weight excluding hydrogens is 362 g/mol. The molecule has 0 fully saturated rings. The molecule has 1 aromatic heterocycles. The zero-order valence-corrected chi connectivity index (χ0v) is 16.2. The quantitative estimate of drug-likeness (QED) is 0.693. The number of aryl methyl sites for hydroxylation is 2. The second-order valence-corrected chi connectivity index (χ2v) is 6.69. The monoisotopic (exact) mass is 381 g/mol. The molecule has 0 saturated carbocycles. The van der Waals surface area contributed by atoms with E-state index in [1.54, 1.807) is 24.3 Å². The summed E-state index contributed by atoms with van der Waals surface area (Å²) in [6, 6.07) is 15.0. The van der Waals surface area contributed by atoms with Crippen molar-refractivity contribution in [3.8, 4) is 17.3 Å². The third-order valence-corrected chi connectivity index (χ3v) is 4.44. The Balaban J connectivity index is 1.69. The van der Waals surface area contributed by atoms with Crippen LogP contribution in [0.1, 0.15) is 16.8 Å².